The molecule has 2 aromatic heterocycles. The molecule has 1 fully saturated rings. The molecule has 0 bridgehead atoms. The van der Waals surface area contributed by atoms with E-state index in [1.165, 1.54) is 6.07 Å². The van der Waals surface area contributed by atoms with E-state index >= 15 is 0 Å². The number of benzene rings is 2. The fraction of sp³-hybridized carbons (Fsp3) is 0.296. The van der Waals surface area contributed by atoms with Crippen LogP contribution in [0.3, 0.4) is 0 Å². The number of aliphatic hydroxyl groups is 1. The first kappa shape index (κ1) is 22.2. The minimum atomic E-state index is -0.423. The summed E-state index contributed by atoms with van der Waals surface area (Å²) in [6.45, 7) is 1.90. The Morgan fingerprint density at radius 1 is 1.24 bits per heavy atom. The molecule has 0 spiro atoms. The predicted molar refractivity (Wildman–Crippen MR) is 128 cm³/mol. The van der Waals surface area contributed by atoms with Crippen molar-refractivity contribution in [1.82, 2.24) is 20.1 Å². The van der Waals surface area contributed by atoms with Crippen LogP contribution in [-0.4, -0.2) is 38.4 Å². The van der Waals surface area contributed by atoms with Crippen molar-refractivity contribution < 1.29 is 14.3 Å². The second-order valence-electron chi connectivity index (χ2n) is 9.32. The maximum Gasteiger partial charge on any atom is 0.251 e. The molecule has 2 heterocycles. The lowest BCUT2D eigenvalue weighted by Gasteiger charge is -2.27. The number of aliphatic hydroxyl groups excluding tert-OH is 1. The number of fused-ring (bicyclic) bond motifs is 1. The van der Waals surface area contributed by atoms with E-state index in [2.05, 4.69) is 15.4 Å². The molecular weight excluding hydrogens is 431 g/mol. The Hall–Kier alpha value is -3.58. The number of pyridine rings is 1. The summed E-state index contributed by atoms with van der Waals surface area (Å²) in [7, 11) is 0. The monoisotopic (exact) mass is 458 g/mol. The second-order valence-corrected chi connectivity index (χ2v) is 9.32. The van der Waals surface area contributed by atoms with Gasteiger partial charge in [0.1, 0.15) is 5.82 Å². The highest BCUT2D eigenvalue weighted by Crippen LogP contribution is 2.41. The first-order valence-corrected chi connectivity index (χ1v) is 11.5. The van der Waals surface area contributed by atoms with Crippen molar-refractivity contribution in [2.45, 2.75) is 38.6 Å². The van der Waals surface area contributed by atoms with E-state index in [4.69, 9.17) is 0 Å². The molecule has 2 aromatic carbocycles. The average molecular weight is 459 g/mol. The molecule has 1 aliphatic rings. The van der Waals surface area contributed by atoms with Crippen LogP contribution in [0.4, 0.5) is 4.39 Å². The number of rotatable bonds is 6. The molecule has 6 nitrogen and oxygen atoms in total. The third-order valence-electron chi connectivity index (χ3n) is 6.85. The zero-order chi connectivity index (χ0) is 23.7. The van der Waals surface area contributed by atoms with Crippen LogP contribution in [0.5, 0.6) is 0 Å². The van der Waals surface area contributed by atoms with Gasteiger partial charge < -0.3 is 10.4 Å². The molecular formula is C27H27FN4O2. The number of aromatic nitrogens is 3. The zero-order valence-electron chi connectivity index (χ0n) is 19.0. The van der Waals surface area contributed by atoms with E-state index < -0.39 is 5.41 Å². The lowest BCUT2D eigenvalue weighted by Crippen LogP contribution is -2.35. The summed E-state index contributed by atoms with van der Waals surface area (Å²) in [6.07, 6.45) is 6.07. The van der Waals surface area contributed by atoms with Gasteiger partial charge in [-0.25, -0.2) is 9.07 Å². The van der Waals surface area contributed by atoms with Gasteiger partial charge in [0, 0.05) is 35.5 Å². The number of carbonyl (C=O) groups excluding carboxylic acids is 1. The van der Waals surface area contributed by atoms with Gasteiger partial charge in [-0.15, -0.1) is 0 Å². The number of halogens is 1. The molecule has 2 unspecified atom stereocenters. The van der Waals surface area contributed by atoms with E-state index in [1.807, 2.05) is 41.9 Å². The first-order chi connectivity index (χ1) is 16.5. The van der Waals surface area contributed by atoms with Gasteiger partial charge in [-0.1, -0.05) is 18.2 Å². The molecule has 5 rings (SSSR count). The van der Waals surface area contributed by atoms with Crippen LogP contribution >= 0.6 is 0 Å². The number of aryl methyl sites for hydroxylation is 1. The van der Waals surface area contributed by atoms with Gasteiger partial charge >= 0.3 is 0 Å². The minimum absolute atomic E-state index is 0.0344. The minimum Gasteiger partial charge on any atom is -0.396 e. The van der Waals surface area contributed by atoms with E-state index in [1.54, 1.807) is 30.6 Å². The largest absolute Gasteiger partial charge is 0.396 e. The summed E-state index contributed by atoms with van der Waals surface area (Å²) in [6, 6.07) is 16.0. The Labute approximate surface area is 197 Å². The molecule has 34 heavy (non-hydrogen) atoms. The van der Waals surface area contributed by atoms with Crippen molar-refractivity contribution in [1.29, 1.82) is 0 Å². The van der Waals surface area contributed by atoms with Gasteiger partial charge in [0.2, 0.25) is 0 Å². The van der Waals surface area contributed by atoms with Crippen molar-refractivity contribution in [2.24, 2.45) is 5.41 Å². The SMILES string of the molecule is Cc1cc(-n2ncc3cc(C(=O)NC4CCC(CO)(Cc5ccccc5F)C4)ccc32)ccn1. The Morgan fingerprint density at radius 3 is 2.88 bits per heavy atom. The number of hydrogen-bond acceptors (Lipinski definition) is 4. The van der Waals surface area contributed by atoms with Gasteiger partial charge in [0.15, 0.2) is 0 Å². The highest BCUT2D eigenvalue weighted by molar-refractivity contribution is 5.98. The van der Waals surface area contributed by atoms with Crippen molar-refractivity contribution >= 4 is 16.8 Å². The molecule has 4 aromatic rings. The quantitative estimate of drug-likeness (QED) is 0.450. The van der Waals surface area contributed by atoms with Crippen LogP contribution in [0.15, 0.2) is 67.0 Å². The molecule has 1 saturated carbocycles. The average Bonchev–Trinajstić information content (AvgIpc) is 3.45. The number of nitrogens with zero attached hydrogens (tertiary/aromatic N) is 3. The summed E-state index contributed by atoms with van der Waals surface area (Å²) in [5.74, 6) is -0.405. The fourth-order valence-corrected chi connectivity index (χ4v) is 5.05. The summed E-state index contributed by atoms with van der Waals surface area (Å²) < 4.78 is 16.0. The van der Waals surface area contributed by atoms with Gasteiger partial charge in [-0.3, -0.25) is 9.78 Å². The van der Waals surface area contributed by atoms with E-state index in [-0.39, 0.29) is 24.4 Å². The summed E-state index contributed by atoms with van der Waals surface area (Å²) in [4.78, 5) is 17.2. The van der Waals surface area contributed by atoms with Crippen LogP contribution in [0, 0.1) is 18.2 Å². The highest BCUT2D eigenvalue weighted by atomic mass is 19.1. The van der Waals surface area contributed by atoms with Gasteiger partial charge in [-0.05, 0) is 80.0 Å². The zero-order valence-corrected chi connectivity index (χ0v) is 19.0. The summed E-state index contributed by atoms with van der Waals surface area (Å²) in [5.41, 5.74) is 3.48. The van der Waals surface area contributed by atoms with Crippen molar-refractivity contribution in [2.75, 3.05) is 6.61 Å². The van der Waals surface area contributed by atoms with Gasteiger partial charge in [0.25, 0.3) is 5.91 Å². The van der Waals surface area contributed by atoms with Crippen molar-refractivity contribution in [3.8, 4) is 5.69 Å². The first-order valence-electron chi connectivity index (χ1n) is 11.5. The highest BCUT2D eigenvalue weighted by Gasteiger charge is 2.39. The van der Waals surface area contributed by atoms with E-state index in [0.717, 1.165) is 35.1 Å². The van der Waals surface area contributed by atoms with E-state index in [9.17, 15) is 14.3 Å². The van der Waals surface area contributed by atoms with Gasteiger partial charge in [-0.2, -0.15) is 5.10 Å². The lowest BCUT2D eigenvalue weighted by molar-refractivity contribution is 0.0924. The predicted octanol–water partition coefficient (Wildman–Crippen LogP) is 4.37. The van der Waals surface area contributed by atoms with Crippen LogP contribution < -0.4 is 5.32 Å². The summed E-state index contributed by atoms with van der Waals surface area (Å²) in [5, 5.41) is 18.6. The molecule has 0 aliphatic heterocycles. The number of carbonyl (C=O) groups is 1. The Bertz CT molecular complexity index is 1350. The molecule has 174 valence electrons. The third-order valence-corrected chi connectivity index (χ3v) is 6.85. The fourth-order valence-electron chi connectivity index (χ4n) is 5.05. The number of nitrogens with one attached hydrogen (secondary N) is 1. The summed E-state index contributed by atoms with van der Waals surface area (Å²) >= 11 is 0. The Kier molecular flexibility index (Phi) is 5.87. The van der Waals surface area contributed by atoms with Gasteiger partial charge in [0.05, 0.1) is 17.4 Å². The molecule has 1 aliphatic carbocycles. The number of amides is 1. The second kappa shape index (κ2) is 8.99. The molecule has 2 N–H and O–H groups in total. The number of hydrogen-bond donors (Lipinski definition) is 2. The van der Waals surface area contributed by atoms with Crippen molar-refractivity contribution in [3.63, 3.8) is 0 Å². The van der Waals surface area contributed by atoms with Crippen LogP contribution in [0.25, 0.3) is 16.6 Å². The molecule has 7 heteroatoms. The lowest BCUT2D eigenvalue weighted by atomic mass is 9.80. The molecule has 0 radical (unpaired) electrons. The van der Waals surface area contributed by atoms with Crippen LogP contribution in [0.2, 0.25) is 0 Å². The maximum atomic E-state index is 14.2. The Morgan fingerprint density at radius 2 is 2.09 bits per heavy atom. The standard InChI is InChI=1S/C27H27FN4O2/c1-18-12-23(9-11-29-18)32-25-7-6-19(13-21(25)16-30-32)26(34)31-22-8-10-27(15-22,17-33)14-20-4-2-3-5-24(20)28/h2-7,9,11-13,16,22,33H,8,10,14-15,17H2,1H3,(H,31,34). The maximum absolute atomic E-state index is 14.2. The third kappa shape index (κ3) is 4.31. The van der Waals surface area contributed by atoms with Crippen LogP contribution in [0.1, 0.15) is 40.9 Å². The van der Waals surface area contributed by atoms with Crippen LogP contribution in [-0.2, 0) is 6.42 Å². The Balaban J connectivity index is 1.30. The van der Waals surface area contributed by atoms with E-state index in [0.29, 0.717) is 24.0 Å². The van der Waals surface area contributed by atoms with Crippen molar-refractivity contribution in [3.05, 3.63) is 89.6 Å². The molecule has 2 atom stereocenters. The smallest absolute Gasteiger partial charge is 0.251 e. The topological polar surface area (TPSA) is 80.0 Å². The molecule has 0 saturated heterocycles. The normalized spacial score (nSPS) is 20.0. The molecule has 1 amide bonds.